The minimum atomic E-state index is -0.0403. The van der Waals surface area contributed by atoms with Gasteiger partial charge in [0.2, 0.25) is 0 Å². The molecule has 6 heteroatoms. The van der Waals surface area contributed by atoms with Crippen LogP contribution in [-0.4, -0.2) is 28.0 Å². The standard InChI is InChI=1S/C21H23N3O2S/c1-4-16-7-9-17(10-8-16)13-24(3)21(25)19-6-5-11-22-20(19)27-14-18-12-15(2)26-23-18/h5-12H,4,13-14H2,1-3H3. The Morgan fingerprint density at radius 2 is 1.93 bits per heavy atom. The minimum absolute atomic E-state index is 0.0403. The first-order chi connectivity index (χ1) is 13.1. The number of carbonyl (C=O) groups excluding carboxylic acids is 1. The molecule has 2 aromatic heterocycles. The van der Waals surface area contributed by atoms with Crippen LogP contribution in [0.25, 0.3) is 0 Å². The first-order valence-electron chi connectivity index (χ1n) is 8.90. The average Bonchev–Trinajstić information content (AvgIpc) is 3.12. The maximum Gasteiger partial charge on any atom is 0.256 e. The number of benzene rings is 1. The fourth-order valence-corrected chi connectivity index (χ4v) is 3.60. The Bertz CT molecular complexity index is 906. The molecule has 1 aromatic carbocycles. The Morgan fingerprint density at radius 3 is 2.59 bits per heavy atom. The fourth-order valence-electron chi connectivity index (χ4n) is 2.73. The molecule has 3 rings (SSSR count). The summed E-state index contributed by atoms with van der Waals surface area (Å²) in [6, 6.07) is 13.9. The third-order valence-corrected chi connectivity index (χ3v) is 5.27. The van der Waals surface area contributed by atoms with E-state index in [1.165, 1.54) is 17.3 Å². The van der Waals surface area contributed by atoms with E-state index in [9.17, 15) is 4.79 Å². The van der Waals surface area contributed by atoms with Gasteiger partial charge in [0.15, 0.2) is 0 Å². The average molecular weight is 382 g/mol. The van der Waals surface area contributed by atoms with Gasteiger partial charge in [-0.1, -0.05) is 48.1 Å². The molecule has 0 saturated heterocycles. The van der Waals surface area contributed by atoms with Crippen LogP contribution in [-0.2, 0) is 18.7 Å². The summed E-state index contributed by atoms with van der Waals surface area (Å²) in [4.78, 5) is 19.1. The van der Waals surface area contributed by atoms with Gasteiger partial charge in [-0.2, -0.15) is 0 Å². The smallest absolute Gasteiger partial charge is 0.256 e. The molecule has 0 fully saturated rings. The molecule has 0 aliphatic carbocycles. The van der Waals surface area contributed by atoms with Gasteiger partial charge in [-0.05, 0) is 36.6 Å². The Hall–Kier alpha value is -2.60. The molecular weight excluding hydrogens is 358 g/mol. The maximum absolute atomic E-state index is 12.9. The monoisotopic (exact) mass is 381 g/mol. The second kappa shape index (κ2) is 8.86. The third kappa shape index (κ3) is 4.98. The molecule has 0 saturated carbocycles. The van der Waals surface area contributed by atoms with Crippen LogP contribution in [0.15, 0.2) is 58.2 Å². The van der Waals surface area contributed by atoms with E-state index < -0.39 is 0 Å². The summed E-state index contributed by atoms with van der Waals surface area (Å²) < 4.78 is 5.09. The number of rotatable bonds is 7. The van der Waals surface area contributed by atoms with E-state index in [-0.39, 0.29) is 5.91 Å². The van der Waals surface area contributed by atoms with Crippen LogP contribution in [0.2, 0.25) is 0 Å². The first kappa shape index (κ1) is 19.2. The summed E-state index contributed by atoms with van der Waals surface area (Å²) in [5.74, 6) is 1.34. The number of amides is 1. The van der Waals surface area contributed by atoms with Crippen LogP contribution in [0.4, 0.5) is 0 Å². The summed E-state index contributed by atoms with van der Waals surface area (Å²) >= 11 is 1.49. The van der Waals surface area contributed by atoms with Crippen molar-refractivity contribution in [2.24, 2.45) is 0 Å². The molecule has 3 aromatic rings. The number of hydrogen-bond acceptors (Lipinski definition) is 5. The van der Waals surface area contributed by atoms with Gasteiger partial charge in [0.05, 0.1) is 11.3 Å². The van der Waals surface area contributed by atoms with Crippen molar-refractivity contribution in [3.63, 3.8) is 0 Å². The van der Waals surface area contributed by atoms with E-state index in [1.807, 2.05) is 26.1 Å². The van der Waals surface area contributed by atoms with Crippen LogP contribution in [0.1, 0.15) is 39.9 Å². The predicted octanol–water partition coefficient (Wildman–Crippen LogP) is 4.50. The Labute approximate surface area is 163 Å². The fraction of sp³-hybridized carbons (Fsp3) is 0.286. The number of carbonyl (C=O) groups is 1. The number of thioether (sulfide) groups is 1. The molecular formula is C21H23N3O2S. The lowest BCUT2D eigenvalue weighted by Crippen LogP contribution is -2.26. The second-order valence-corrected chi connectivity index (χ2v) is 7.37. The van der Waals surface area contributed by atoms with Crippen molar-refractivity contribution in [3.05, 3.63) is 76.8 Å². The van der Waals surface area contributed by atoms with E-state index in [0.717, 1.165) is 23.4 Å². The van der Waals surface area contributed by atoms with E-state index >= 15 is 0 Å². The topological polar surface area (TPSA) is 59.2 Å². The highest BCUT2D eigenvalue weighted by Crippen LogP contribution is 2.25. The van der Waals surface area contributed by atoms with E-state index in [1.54, 1.807) is 17.2 Å². The molecule has 140 valence electrons. The molecule has 1 amide bonds. The Morgan fingerprint density at radius 1 is 1.19 bits per heavy atom. The molecule has 0 bridgehead atoms. The van der Waals surface area contributed by atoms with Crippen molar-refractivity contribution >= 4 is 17.7 Å². The molecule has 5 nitrogen and oxygen atoms in total. The van der Waals surface area contributed by atoms with Crippen molar-refractivity contribution in [1.82, 2.24) is 15.0 Å². The highest BCUT2D eigenvalue weighted by atomic mass is 32.2. The molecule has 2 heterocycles. The van der Waals surface area contributed by atoms with Crippen LogP contribution >= 0.6 is 11.8 Å². The Kier molecular flexibility index (Phi) is 6.29. The van der Waals surface area contributed by atoms with E-state index in [0.29, 0.717) is 22.9 Å². The summed E-state index contributed by atoms with van der Waals surface area (Å²) in [6.45, 7) is 4.55. The molecule has 0 radical (unpaired) electrons. The van der Waals surface area contributed by atoms with Gasteiger partial charge in [0, 0.05) is 31.6 Å². The lowest BCUT2D eigenvalue weighted by Gasteiger charge is -2.18. The molecule has 0 aliphatic heterocycles. The largest absolute Gasteiger partial charge is 0.361 e. The summed E-state index contributed by atoms with van der Waals surface area (Å²) in [6.07, 6.45) is 2.72. The Balaban J connectivity index is 1.69. The van der Waals surface area contributed by atoms with Crippen LogP contribution in [0, 0.1) is 6.92 Å². The van der Waals surface area contributed by atoms with Crippen LogP contribution < -0.4 is 0 Å². The van der Waals surface area contributed by atoms with Crippen molar-refractivity contribution in [2.45, 2.75) is 37.6 Å². The zero-order valence-electron chi connectivity index (χ0n) is 15.8. The number of hydrogen-bond donors (Lipinski definition) is 0. The van der Waals surface area contributed by atoms with Gasteiger partial charge >= 0.3 is 0 Å². The second-order valence-electron chi connectivity index (χ2n) is 6.40. The van der Waals surface area contributed by atoms with E-state index in [2.05, 4.69) is 41.3 Å². The van der Waals surface area contributed by atoms with Crippen molar-refractivity contribution in [2.75, 3.05) is 7.05 Å². The van der Waals surface area contributed by atoms with Crippen LogP contribution in [0.3, 0.4) is 0 Å². The van der Waals surface area contributed by atoms with Gasteiger partial charge < -0.3 is 9.42 Å². The number of nitrogens with zero attached hydrogens (tertiary/aromatic N) is 3. The summed E-state index contributed by atoms with van der Waals surface area (Å²) in [5.41, 5.74) is 3.85. The minimum Gasteiger partial charge on any atom is -0.361 e. The molecule has 0 aliphatic rings. The summed E-state index contributed by atoms with van der Waals surface area (Å²) in [5, 5.41) is 4.70. The summed E-state index contributed by atoms with van der Waals surface area (Å²) in [7, 11) is 1.82. The molecule has 0 atom stereocenters. The molecule has 0 N–H and O–H groups in total. The van der Waals surface area contributed by atoms with Crippen LogP contribution in [0.5, 0.6) is 0 Å². The van der Waals surface area contributed by atoms with Gasteiger partial charge in [-0.25, -0.2) is 4.98 Å². The van der Waals surface area contributed by atoms with Crippen molar-refractivity contribution in [1.29, 1.82) is 0 Å². The van der Waals surface area contributed by atoms with Gasteiger partial charge in [0.25, 0.3) is 5.91 Å². The lowest BCUT2D eigenvalue weighted by molar-refractivity contribution is 0.0781. The maximum atomic E-state index is 12.9. The number of aromatic nitrogens is 2. The van der Waals surface area contributed by atoms with Crippen molar-refractivity contribution < 1.29 is 9.32 Å². The van der Waals surface area contributed by atoms with Gasteiger partial charge in [0.1, 0.15) is 10.8 Å². The lowest BCUT2D eigenvalue weighted by atomic mass is 10.1. The predicted molar refractivity (Wildman–Crippen MR) is 107 cm³/mol. The van der Waals surface area contributed by atoms with Gasteiger partial charge in [-0.3, -0.25) is 4.79 Å². The zero-order valence-corrected chi connectivity index (χ0v) is 16.6. The SMILES string of the molecule is CCc1ccc(CN(C)C(=O)c2cccnc2SCc2cc(C)on2)cc1. The number of pyridine rings is 1. The normalized spacial score (nSPS) is 10.8. The van der Waals surface area contributed by atoms with Crippen molar-refractivity contribution in [3.8, 4) is 0 Å². The third-order valence-electron chi connectivity index (χ3n) is 4.23. The number of aryl methyl sites for hydroxylation is 2. The van der Waals surface area contributed by atoms with E-state index in [4.69, 9.17) is 4.52 Å². The first-order valence-corrected chi connectivity index (χ1v) is 9.88. The zero-order chi connectivity index (χ0) is 19.2. The van der Waals surface area contributed by atoms with Gasteiger partial charge in [-0.15, -0.1) is 0 Å². The molecule has 0 unspecified atom stereocenters. The quantitative estimate of drug-likeness (QED) is 0.564. The molecule has 0 spiro atoms. The highest BCUT2D eigenvalue weighted by molar-refractivity contribution is 7.98. The molecule has 27 heavy (non-hydrogen) atoms. The highest BCUT2D eigenvalue weighted by Gasteiger charge is 2.17.